The number of nitrogens with zero attached hydrogens (tertiary/aromatic N) is 1. The van der Waals surface area contributed by atoms with Gasteiger partial charge in [0.2, 0.25) is 5.91 Å². The molecule has 10 heteroatoms. The maximum atomic E-state index is 12.9. The number of alkyl halides is 3. The fourth-order valence-electron chi connectivity index (χ4n) is 5.23. The Labute approximate surface area is 215 Å². The highest BCUT2D eigenvalue weighted by Crippen LogP contribution is 2.32. The van der Waals surface area contributed by atoms with E-state index in [0.717, 1.165) is 62.7 Å². The second-order valence-electron chi connectivity index (χ2n) is 10.0. The first-order valence-electron chi connectivity index (χ1n) is 12.7. The van der Waals surface area contributed by atoms with Gasteiger partial charge in [-0.2, -0.15) is 13.2 Å². The third-order valence-corrected chi connectivity index (χ3v) is 8.86. The summed E-state index contributed by atoms with van der Waals surface area (Å²) in [6, 6.07) is 9.50. The van der Waals surface area contributed by atoms with Crippen molar-refractivity contribution >= 4 is 15.7 Å². The smallest absolute Gasteiger partial charge is 0.392 e. The van der Waals surface area contributed by atoms with E-state index in [4.69, 9.17) is 0 Å². The third kappa shape index (κ3) is 7.33. The Bertz CT molecular complexity index is 1210. The van der Waals surface area contributed by atoms with Crippen molar-refractivity contribution in [1.29, 1.82) is 0 Å². The van der Waals surface area contributed by atoms with Crippen molar-refractivity contribution in [3.63, 3.8) is 0 Å². The van der Waals surface area contributed by atoms with Gasteiger partial charge in [0, 0.05) is 6.54 Å². The molecule has 1 amide bonds. The number of aliphatic hydroxyl groups excluding tert-OH is 1. The number of aryl methyl sites for hydroxylation is 1. The van der Waals surface area contributed by atoms with E-state index in [9.17, 15) is 31.5 Å². The van der Waals surface area contributed by atoms with E-state index in [1.54, 1.807) is 0 Å². The topological polar surface area (TPSA) is 86.7 Å². The third-order valence-electron chi connectivity index (χ3n) is 7.07. The minimum Gasteiger partial charge on any atom is -0.392 e. The van der Waals surface area contributed by atoms with Crippen LogP contribution >= 0.6 is 0 Å². The standard InChI is InChI=1S/C27H33F3N2O4S/c28-27(29,30)21-7-5-8-23(15-21)37(35,36)18-22(33)16-26(34)31-25-9-4-6-20-14-19(10-11-24(20)25)17-32-12-2-1-3-13-32/h5,7-8,10-11,14-15,22,25,33H,1-4,6,9,12-13,16-18H2,(H,31,34)/t22-,25+/m0/s1. The van der Waals surface area contributed by atoms with Crippen LogP contribution in [0.2, 0.25) is 0 Å². The van der Waals surface area contributed by atoms with Crippen molar-refractivity contribution in [2.24, 2.45) is 0 Å². The summed E-state index contributed by atoms with van der Waals surface area (Å²) in [5.41, 5.74) is 2.39. The number of likely N-dealkylation sites (tertiary alicyclic amines) is 1. The number of hydrogen-bond acceptors (Lipinski definition) is 5. The summed E-state index contributed by atoms with van der Waals surface area (Å²) in [6.07, 6.45) is -0.388. The molecule has 2 aromatic rings. The van der Waals surface area contributed by atoms with Gasteiger partial charge in [-0.3, -0.25) is 9.69 Å². The van der Waals surface area contributed by atoms with Crippen molar-refractivity contribution in [2.45, 2.75) is 74.7 Å². The SMILES string of the molecule is O=C(C[C@H](O)CS(=O)(=O)c1cccc(C(F)(F)F)c1)N[C@@H]1CCCc2cc(CN3CCCCC3)ccc21. The highest BCUT2D eigenvalue weighted by Gasteiger charge is 2.32. The van der Waals surface area contributed by atoms with Crippen LogP contribution in [-0.4, -0.2) is 49.3 Å². The number of hydrogen-bond donors (Lipinski definition) is 2. The maximum absolute atomic E-state index is 12.9. The average Bonchev–Trinajstić information content (AvgIpc) is 2.84. The molecule has 2 N–H and O–H groups in total. The Kier molecular flexibility index (Phi) is 8.60. The van der Waals surface area contributed by atoms with Gasteiger partial charge in [0.25, 0.3) is 0 Å². The van der Waals surface area contributed by atoms with E-state index in [1.807, 2.05) is 6.07 Å². The van der Waals surface area contributed by atoms with Gasteiger partial charge in [-0.05, 0) is 80.1 Å². The number of amides is 1. The van der Waals surface area contributed by atoms with Crippen LogP contribution in [0, 0.1) is 0 Å². The molecule has 4 rings (SSSR count). The van der Waals surface area contributed by atoms with Crippen molar-refractivity contribution < 1.29 is 31.5 Å². The normalized spacial score (nSPS) is 19.7. The zero-order chi connectivity index (χ0) is 26.6. The van der Waals surface area contributed by atoms with Crippen LogP contribution in [0.15, 0.2) is 47.4 Å². The van der Waals surface area contributed by atoms with Gasteiger partial charge in [0.15, 0.2) is 9.84 Å². The van der Waals surface area contributed by atoms with Crippen LogP contribution in [-0.2, 0) is 33.8 Å². The second kappa shape index (κ2) is 11.5. The minimum absolute atomic E-state index is 0.229. The lowest BCUT2D eigenvalue weighted by molar-refractivity contribution is -0.137. The van der Waals surface area contributed by atoms with E-state index in [-0.39, 0.29) is 6.04 Å². The lowest BCUT2D eigenvalue weighted by Gasteiger charge is -2.29. The summed E-state index contributed by atoms with van der Waals surface area (Å²) in [6.45, 7) is 3.14. The Morgan fingerprint density at radius 2 is 1.84 bits per heavy atom. The Hall–Kier alpha value is -2.43. The molecule has 2 aromatic carbocycles. The summed E-state index contributed by atoms with van der Waals surface area (Å²) in [4.78, 5) is 14.6. The molecule has 2 aliphatic rings. The fraction of sp³-hybridized carbons (Fsp3) is 0.519. The number of benzene rings is 2. The summed E-state index contributed by atoms with van der Waals surface area (Å²) in [5.74, 6) is -1.34. The first kappa shape index (κ1) is 27.6. The molecular weight excluding hydrogens is 505 g/mol. The van der Waals surface area contributed by atoms with Gasteiger partial charge < -0.3 is 10.4 Å². The minimum atomic E-state index is -4.69. The molecule has 2 atom stereocenters. The molecular formula is C27H33F3N2O4S. The summed E-state index contributed by atoms with van der Waals surface area (Å²) in [7, 11) is -4.22. The first-order valence-corrected chi connectivity index (χ1v) is 14.4. The summed E-state index contributed by atoms with van der Waals surface area (Å²) >= 11 is 0. The number of fused-ring (bicyclic) bond motifs is 1. The number of halogens is 3. The monoisotopic (exact) mass is 538 g/mol. The highest BCUT2D eigenvalue weighted by atomic mass is 32.2. The number of rotatable bonds is 8. The molecule has 1 aliphatic carbocycles. The Morgan fingerprint density at radius 3 is 2.57 bits per heavy atom. The molecule has 1 fully saturated rings. The first-order chi connectivity index (χ1) is 17.5. The molecule has 0 radical (unpaired) electrons. The van der Waals surface area contributed by atoms with Gasteiger partial charge >= 0.3 is 6.18 Å². The zero-order valence-corrected chi connectivity index (χ0v) is 21.5. The van der Waals surface area contributed by atoms with Crippen LogP contribution in [0.1, 0.15) is 66.8 Å². The van der Waals surface area contributed by atoms with Gasteiger partial charge in [-0.25, -0.2) is 8.42 Å². The maximum Gasteiger partial charge on any atom is 0.416 e. The largest absolute Gasteiger partial charge is 0.416 e. The Balaban J connectivity index is 1.35. The number of carbonyl (C=O) groups is 1. The second-order valence-corrected chi connectivity index (χ2v) is 12.1. The van der Waals surface area contributed by atoms with Gasteiger partial charge in [-0.15, -0.1) is 0 Å². The molecule has 0 spiro atoms. The van der Waals surface area contributed by atoms with E-state index in [2.05, 4.69) is 22.3 Å². The van der Waals surface area contributed by atoms with Crippen molar-refractivity contribution in [1.82, 2.24) is 10.2 Å². The summed E-state index contributed by atoms with van der Waals surface area (Å²) in [5, 5.41) is 13.2. The van der Waals surface area contributed by atoms with E-state index in [0.29, 0.717) is 6.07 Å². The number of nitrogens with one attached hydrogen (secondary N) is 1. The van der Waals surface area contributed by atoms with E-state index < -0.39 is 50.7 Å². The van der Waals surface area contributed by atoms with Crippen molar-refractivity contribution in [2.75, 3.05) is 18.8 Å². The lowest BCUT2D eigenvalue weighted by Crippen LogP contribution is -2.35. The molecule has 37 heavy (non-hydrogen) atoms. The van der Waals surface area contributed by atoms with Crippen LogP contribution in [0.3, 0.4) is 0 Å². The molecule has 1 saturated heterocycles. The molecule has 1 aliphatic heterocycles. The molecule has 202 valence electrons. The molecule has 6 nitrogen and oxygen atoms in total. The van der Waals surface area contributed by atoms with Gasteiger partial charge in [0.05, 0.1) is 34.8 Å². The molecule has 0 bridgehead atoms. The van der Waals surface area contributed by atoms with E-state index in [1.165, 1.54) is 30.4 Å². The predicted molar refractivity (Wildman–Crippen MR) is 134 cm³/mol. The fourth-order valence-corrected chi connectivity index (χ4v) is 6.64. The number of piperidine rings is 1. The van der Waals surface area contributed by atoms with Crippen LogP contribution in [0.5, 0.6) is 0 Å². The lowest BCUT2D eigenvalue weighted by atomic mass is 9.86. The number of carbonyl (C=O) groups excluding carboxylic acids is 1. The van der Waals surface area contributed by atoms with E-state index >= 15 is 0 Å². The molecule has 0 unspecified atom stereocenters. The van der Waals surface area contributed by atoms with Crippen LogP contribution in [0.4, 0.5) is 13.2 Å². The number of aliphatic hydroxyl groups is 1. The van der Waals surface area contributed by atoms with Gasteiger partial charge in [0.1, 0.15) is 0 Å². The molecule has 1 heterocycles. The van der Waals surface area contributed by atoms with Crippen molar-refractivity contribution in [3.8, 4) is 0 Å². The molecule has 0 saturated carbocycles. The highest BCUT2D eigenvalue weighted by molar-refractivity contribution is 7.91. The average molecular weight is 539 g/mol. The number of sulfone groups is 1. The summed E-state index contributed by atoms with van der Waals surface area (Å²) < 4.78 is 64.0. The van der Waals surface area contributed by atoms with Crippen LogP contribution < -0.4 is 5.32 Å². The Morgan fingerprint density at radius 1 is 1.08 bits per heavy atom. The van der Waals surface area contributed by atoms with Crippen LogP contribution in [0.25, 0.3) is 0 Å². The predicted octanol–water partition coefficient (Wildman–Crippen LogP) is 4.41. The van der Waals surface area contributed by atoms with Gasteiger partial charge in [-0.1, -0.05) is 30.7 Å². The zero-order valence-electron chi connectivity index (χ0n) is 20.6. The molecule has 0 aromatic heterocycles. The quantitative estimate of drug-likeness (QED) is 0.520. The van der Waals surface area contributed by atoms with Crippen molar-refractivity contribution in [3.05, 3.63) is 64.7 Å².